The van der Waals surface area contributed by atoms with E-state index in [1.165, 1.54) is 18.2 Å². The van der Waals surface area contributed by atoms with Gasteiger partial charge >= 0.3 is 18.4 Å². The third-order valence-corrected chi connectivity index (χ3v) is 6.45. The average molecular weight is 622 g/mol. The van der Waals surface area contributed by atoms with E-state index >= 15 is 0 Å². The van der Waals surface area contributed by atoms with Crippen LogP contribution in [-0.2, 0) is 23.9 Å². The topological polar surface area (TPSA) is 142 Å². The van der Waals surface area contributed by atoms with Crippen molar-refractivity contribution in [2.45, 2.75) is 50.3 Å². The number of aromatic amines is 1. The molecule has 3 aromatic rings. The van der Waals surface area contributed by atoms with Crippen molar-refractivity contribution in [1.82, 2.24) is 20.4 Å². The molecule has 16 heteroatoms. The fourth-order valence-corrected chi connectivity index (χ4v) is 4.25. The third-order valence-electron chi connectivity index (χ3n) is 6.20. The standard InChI is InChI=1S/C26H26ClF6N5O4/c27-17-9-7-14(8-10-17)22-18(5-2-6-20(39)26(31,32)33)23(41)38(37-22)13-21(40)36-19(12-35-24(34)42)15-3-1-4-16(11-15)25(28,29)30/h1,3-4,7-11,19-20,37,39H,2,5-6,12-13H2,(H,36,40)(H3,34,35,42). The van der Waals surface area contributed by atoms with Crippen molar-refractivity contribution in [3.8, 4) is 11.3 Å². The zero-order valence-electron chi connectivity index (χ0n) is 21.7. The second-order valence-electron chi connectivity index (χ2n) is 9.30. The van der Waals surface area contributed by atoms with Crippen LogP contribution in [0.15, 0.2) is 53.3 Å². The summed E-state index contributed by atoms with van der Waals surface area (Å²) >= 11 is 5.92. The van der Waals surface area contributed by atoms with Crippen molar-refractivity contribution in [3.05, 3.63) is 80.6 Å². The Morgan fingerprint density at radius 1 is 1.07 bits per heavy atom. The number of nitrogens with one attached hydrogen (secondary N) is 3. The molecule has 0 saturated heterocycles. The number of primary amides is 1. The molecule has 3 rings (SSSR count). The number of hydrogen-bond donors (Lipinski definition) is 5. The zero-order chi connectivity index (χ0) is 31.2. The molecular weight excluding hydrogens is 596 g/mol. The van der Waals surface area contributed by atoms with Gasteiger partial charge in [0.05, 0.1) is 17.3 Å². The number of hydrogen-bond acceptors (Lipinski definition) is 4. The van der Waals surface area contributed by atoms with Gasteiger partial charge in [0.2, 0.25) is 5.91 Å². The number of amides is 3. The second-order valence-corrected chi connectivity index (χ2v) is 9.74. The lowest BCUT2D eigenvalue weighted by Crippen LogP contribution is -2.41. The largest absolute Gasteiger partial charge is 0.416 e. The fraction of sp³-hybridized carbons (Fsp3) is 0.346. The summed E-state index contributed by atoms with van der Waals surface area (Å²) in [5.41, 5.74) is 4.04. The molecule has 228 valence electrons. The third kappa shape index (κ3) is 8.76. The zero-order valence-corrected chi connectivity index (χ0v) is 22.4. The SMILES string of the molecule is NC(=O)NCC(NC(=O)Cn1[nH]c(-c2ccc(Cl)cc2)c(CCCC(O)C(F)(F)F)c1=O)c1cccc(C(F)(F)F)c1. The summed E-state index contributed by atoms with van der Waals surface area (Å²) in [5, 5.41) is 17.1. The highest BCUT2D eigenvalue weighted by Gasteiger charge is 2.37. The van der Waals surface area contributed by atoms with E-state index in [4.69, 9.17) is 17.3 Å². The Morgan fingerprint density at radius 3 is 2.33 bits per heavy atom. The highest BCUT2D eigenvalue weighted by molar-refractivity contribution is 6.30. The van der Waals surface area contributed by atoms with Crippen LogP contribution in [0.4, 0.5) is 31.1 Å². The number of alkyl halides is 6. The van der Waals surface area contributed by atoms with E-state index in [0.29, 0.717) is 10.6 Å². The van der Waals surface area contributed by atoms with Gasteiger partial charge in [-0.05, 0) is 54.7 Å². The molecule has 1 aromatic heterocycles. The van der Waals surface area contributed by atoms with Gasteiger partial charge in [-0.3, -0.25) is 14.7 Å². The quantitative estimate of drug-likeness (QED) is 0.204. The Kier molecular flexibility index (Phi) is 10.3. The van der Waals surface area contributed by atoms with Gasteiger partial charge in [0.15, 0.2) is 0 Å². The van der Waals surface area contributed by atoms with E-state index in [1.54, 1.807) is 12.1 Å². The Labute approximate surface area is 239 Å². The molecule has 6 N–H and O–H groups in total. The number of nitrogens with zero attached hydrogens (tertiary/aromatic N) is 1. The molecule has 0 radical (unpaired) electrons. The van der Waals surface area contributed by atoms with E-state index in [0.717, 1.165) is 22.9 Å². The first-order chi connectivity index (χ1) is 19.6. The highest BCUT2D eigenvalue weighted by atomic mass is 35.5. The highest BCUT2D eigenvalue weighted by Crippen LogP contribution is 2.31. The van der Waals surface area contributed by atoms with Crippen LogP contribution in [0.25, 0.3) is 11.3 Å². The number of rotatable bonds is 11. The number of benzene rings is 2. The number of H-pyrrole nitrogens is 1. The molecule has 0 aliphatic carbocycles. The summed E-state index contributed by atoms with van der Waals surface area (Å²) in [5.74, 6) is -0.839. The molecule has 2 unspecified atom stereocenters. The van der Waals surface area contributed by atoms with E-state index in [-0.39, 0.29) is 36.2 Å². The molecule has 0 aliphatic rings. The normalized spacial score (nSPS) is 13.4. The van der Waals surface area contributed by atoms with Crippen LogP contribution in [0.1, 0.15) is 35.6 Å². The molecule has 42 heavy (non-hydrogen) atoms. The number of halogens is 7. The first kappa shape index (κ1) is 32.5. The molecule has 0 aliphatic heterocycles. The van der Waals surface area contributed by atoms with Crippen molar-refractivity contribution >= 4 is 23.5 Å². The lowest BCUT2D eigenvalue weighted by atomic mass is 10.0. The number of urea groups is 1. The van der Waals surface area contributed by atoms with Gasteiger partial charge in [0.25, 0.3) is 5.56 Å². The summed E-state index contributed by atoms with van der Waals surface area (Å²) in [4.78, 5) is 37.4. The Morgan fingerprint density at radius 2 is 1.74 bits per heavy atom. The van der Waals surface area contributed by atoms with E-state index in [2.05, 4.69) is 15.7 Å². The van der Waals surface area contributed by atoms with Crippen molar-refractivity contribution < 1.29 is 41.0 Å². The van der Waals surface area contributed by atoms with Gasteiger partial charge in [-0.25, -0.2) is 9.48 Å². The number of carbonyl (C=O) groups is 2. The number of aliphatic hydroxyl groups excluding tert-OH is 1. The lowest BCUT2D eigenvalue weighted by molar-refractivity contribution is -0.205. The summed E-state index contributed by atoms with van der Waals surface area (Å²) in [6.07, 6.45) is -13.1. The van der Waals surface area contributed by atoms with Gasteiger partial charge < -0.3 is 21.5 Å². The van der Waals surface area contributed by atoms with Crippen molar-refractivity contribution in [3.63, 3.8) is 0 Å². The number of aromatic nitrogens is 2. The Balaban J connectivity index is 1.87. The predicted molar refractivity (Wildman–Crippen MR) is 140 cm³/mol. The summed E-state index contributed by atoms with van der Waals surface area (Å²) in [6, 6.07) is 8.01. The fourth-order valence-electron chi connectivity index (χ4n) is 4.13. The molecule has 1 heterocycles. The number of carbonyl (C=O) groups excluding carboxylic acids is 2. The molecule has 2 aromatic carbocycles. The molecule has 3 amide bonds. The molecule has 0 spiro atoms. The van der Waals surface area contributed by atoms with Gasteiger partial charge in [0.1, 0.15) is 12.6 Å². The number of nitrogens with two attached hydrogens (primary N) is 1. The van der Waals surface area contributed by atoms with Crippen LogP contribution in [0.3, 0.4) is 0 Å². The van der Waals surface area contributed by atoms with E-state index in [9.17, 15) is 45.8 Å². The van der Waals surface area contributed by atoms with Crippen LogP contribution in [0, 0.1) is 0 Å². The smallest absolute Gasteiger partial charge is 0.384 e. The molecule has 0 bridgehead atoms. The maximum Gasteiger partial charge on any atom is 0.416 e. The first-order valence-corrected chi connectivity index (χ1v) is 12.8. The van der Waals surface area contributed by atoms with E-state index < -0.39 is 60.5 Å². The van der Waals surface area contributed by atoms with Gasteiger partial charge in [-0.15, -0.1) is 0 Å². The maximum absolute atomic E-state index is 13.2. The summed E-state index contributed by atoms with van der Waals surface area (Å²) < 4.78 is 78.8. The average Bonchev–Trinajstić information content (AvgIpc) is 3.20. The van der Waals surface area contributed by atoms with Gasteiger partial charge in [-0.1, -0.05) is 35.9 Å². The van der Waals surface area contributed by atoms with Crippen molar-refractivity contribution in [1.29, 1.82) is 0 Å². The number of aliphatic hydroxyl groups is 1. The first-order valence-electron chi connectivity index (χ1n) is 12.4. The lowest BCUT2D eigenvalue weighted by Gasteiger charge is -2.20. The second kappa shape index (κ2) is 13.3. The molecule has 2 atom stereocenters. The minimum Gasteiger partial charge on any atom is -0.384 e. The molecule has 9 nitrogen and oxygen atoms in total. The summed E-state index contributed by atoms with van der Waals surface area (Å²) in [7, 11) is 0. The molecular formula is C26H26ClF6N5O4. The van der Waals surface area contributed by atoms with Gasteiger partial charge in [0, 0.05) is 17.1 Å². The summed E-state index contributed by atoms with van der Waals surface area (Å²) in [6.45, 7) is -1.03. The molecule has 0 saturated carbocycles. The Bertz CT molecular complexity index is 1450. The van der Waals surface area contributed by atoms with E-state index in [1.807, 2.05) is 0 Å². The van der Waals surface area contributed by atoms with Crippen molar-refractivity contribution in [2.75, 3.05) is 6.54 Å². The van der Waals surface area contributed by atoms with Gasteiger partial charge in [-0.2, -0.15) is 26.3 Å². The monoisotopic (exact) mass is 621 g/mol. The minimum absolute atomic E-state index is 0.00322. The molecule has 0 fully saturated rings. The van der Waals surface area contributed by atoms with Crippen molar-refractivity contribution in [2.24, 2.45) is 5.73 Å². The minimum atomic E-state index is -4.82. The van der Waals surface area contributed by atoms with Crippen LogP contribution in [-0.4, -0.2) is 45.7 Å². The Hall–Kier alpha value is -3.98. The predicted octanol–water partition coefficient (Wildman–Crippen LogP) is 4.29. The van der Waals surface area contributed by atoms with Crippen LogP contribution < -0.4 is 21.9 Å². The van der Waals surface area contributed by atoms with Crippen LogP contribution in [0.5, 0.6) is 0 Å². The maximum atomic E-state index is 13.2. The van der Waals surface area contributed by atoms with Crippen LogP contribution in [0.2, 0.25) is 5.02 Å². The van der Waals surface area contributed by atoms with Crippen LogP contribution >= 0.6 is 11.6 Å².